The summed E-state index contributed by atoms with van der Waals surface area (Å²) in [5.74, 6) is -1.13. The van der Waals surface area contributed by atoms with Gasteiger partial charge in [-0.2, -0.15) is 0 Å². The molecule has 0 aliphatic carbocycles. The molecule has 4 N–H and O–H groups in total. The number of hydrogen-bond acceptors (Lipinski definition) is 3. The second-order valence-corrected chi connectivity index (χ2v) is 4.66. The van der Waals surface area contributed by atoms with Gasteiger partial charge in [0.25, 0.3) is 5.91 Å². The van der Waals surface area contributed by atoms with E-state index in [4.69, 9.17) is 5.73 Å². The highest BCUT2D eigenvalue weighted by molar-refractivity contribution is 6.08. The highest BCUT2D eigenvalue weighted by Crippen LogP contribution is 2.29. The highest BCUT2D eigenvalue weighted by Gasteiger charge is 2.14. The zero-order chi connectivity index (χ0) is 14.9. The Balaban J connectivity index is 2.35. The van der Waals surface area contributed by atoms with E-state index in [1.54, 1.807) is 19.1 Å². The van der Waals surface area contributed by atoms with Gasteiger partial charge in [-0.25, -0.2) is 4.39 Å². The fourth-order valence-corrected chi connectivity index (χ4v) is 1.97. The third kappa shape index (κ3) is 2.71. The van der Waals surface area contributed by atoms with E-state index in [0.29, 0.717) is 5.56 Å². The van der Waals surface area contributed by atoms with Crippen LogP contribution in [0.1, 0.15) is 21.5 Å². The van der Waals surface area contributed by atoms with Gasteiger partial charge in [-0.3, -0.25) is 4.79 Å². The lowest BCUT2D eigenvalue weighted by molar-refractivity contribution is 0.102. The maximum Gasteiger partial charge on any atom is 0.257 e. The number of carbonyl (C=O) groups is 1. The average Bonchev–Trinajstić information content (AvgIpc) is 2.38. The smallest absolute Gasteiger partial charge is 0.257 e. The van der Waals surface area contributed by atoms with Crippen molar-refractivity contribution in [2.75, 3.05) is 11.1 Å². The molecular formula is C15H15FN2O2. The van der Waals surface area contributed by atoms with Gasteiger partial charge in [-0.1, -0.05) is 6.07 Å². The highest BCUT2D eigenvalue weighted by atomic mass is 19.1. The monoisotopic (exact) mass is 274 g/mol. The van der Waals surface area contributed by atoms with Crippen LogP contribution in [0.5, 0.6) is 5.75 Å². The van der Waals surface area contributed by atoms with Crippen molar-refractivity contribution in [1.29, 1.82) is 0 Å². The summed E-state index contributed by atoms with van der Waals surface area (Å²) >= 11 is 0. The zero-order valence-corrected chi connectivity index (χ0v) is 11.2. The average molecular weight is 274 g/mol. The Morgan fingerprint density at radius 1 is 1.25 bits per heavy atom. The zero-order valence-electron chi connectivity index (χ0n) is 11.2. The van der Waals surface area contributed by atoms with Gasteiger partial charge in [-0.05, 0) is 49.2 Å². The summed E-state index contributed by atoms with van der Waals surface area (Å²) in [6.45, 7) is 3.58. The summed E-state index contributed by atoms with van der Waals surface area (Å²) in [7, 11) is 0. The Bertz CT molecular complexity index is 684. The molecule has 0 fully saturated rings. The van der Waals surface area contributed by atoms with Crippen molar-refractivity contribution >= 4 is 17.3 Å². The van der Waals surface area contributed by atoms with E-state index in [-0.39, 0.29) is 22.7 Å². The van der Waals surface area contributed by atoms with Gasteiger partial charge in [0, 0.05) is 5.69 Å². The molecule has 0 aromatic heterocycles. The Morgan fingerprint density at radius 3 is 2.65 bits per heavy atom. The number of aromatic hydroxyl groups is 1. The lowest BCUT2D eigenvalue weighted by Crippen LogP contribution is -2.14. The molecule has 2 rings (SSSR count). The molecule has 4 nitrogen and oxygen atoms in total. The lowest BCUT2D eigenvalue weighted by Gasteiger charge is -2.11. The number of amides is 1. The van der Waals surface area contributed by atoms with Crippen molar-refractivity contribution in [1.82, 2.24) is 0 Å². The van der Waals surface area contributed by atoms with Crippen LogP contribution in [0.2, 0.25) is 0 Å². The van der Waals surface area contributed by atoms with E-state index in [1.165, 1.54) is 12.1 Å². The fraction of sp³-hybridized carbons (Fsp3) is 0.133. The number of rotatable bonds is 2. The quantitative estimate of drug-likeness (QED) is 0.582. The molecule has 0 atom stereocenters. The predicted octanol–water partition coefficient (Wildman–Crippen LogP) is 2.98. The standard InChI is InChI=1S/C15H15FN2O2/c1-8-5-9(2)14(19)13(6-8)18-15(20)11-7-10(16)3-4-12(11)17/h3-7,19H,17H2,1-2H3,(H,18,20). The fourth-order valence-electron chi connectivity index (χ4n) is 1.97. The number of aryl methyl sites for hydroxylation is 2. The molecular weight excluding hydrogens is 259 g/mol. The molecule has 2 aromatic rings. The van der Waals surface area contributed by atoms with E-state index in [1.807, 2.05) is 6.92 Å². The van der Waals surface area contributed by atoms with Crippen molar-refractivity contribution in [3.8, 4) is 5.75 Å². The lowest BCUT2D eigenvalue weighted by atomic mass is 10.1. The van der Waals surface area contributed by atoms with Crippen molar-refractivity contribution < 1.29 is 14.3 Å². The topological polar surface area (TPSA) is 75.3 Å². The van der Waals surface area contributed by atoms with Gasteiger partial charge >= 0.3 is 0 Å². The van der Waals surface area contributed by atoms with Crippen LogP contribution in [0.4, 0.5) is 15.8 Å². The largest absolute Gasteiger partial charge is 0.505 e. The molecule has 0 heterocycles. The third-order valence-electron chi connectivity index (χ3n) is 2.95. The molecule has 1 amide bonds. The Kier molecular flexibility index (Phi) is 3.61. The number of phenols is 1. The number of benzene rings is 2. The minimum absolute atomic E-state index is 0.0149. The molecule has 5 heteroatoms. The summed E-state index contributed by atoms with van der Waals surface area (Å²) in [5.41, 5.74) is 7.67. The van der Waals surface area contributed by atoms with Gasteiger partial charge in [0.05, 0.1) is 11.3 Å². The molecule has 104 valence electrons. The normalized spacial score (nSPS) is 10.3. The van der Waals surface area contributed by atoms with Crippen molar-refractivity contribution in [3.63, 3.8) is 0 Å². The number of nitrogens with one attached hydrogen (secondary N) is 1. The molecule has 2 aromatic carbocycles. The van der Waals surface area contributed by atoms with Crippen LogP contribution in [-0.4, -0.2) is 11.0 Å². The summed E-state index contributed by atoms with van der Waals surface area (Å²) in [5, 5.41) is 12.5. The second-order valence-electron chi connectivity index (χ2n) is 4.66. The Labute approximate surface area is 116 Å². The molecule has 0 spiro atoms. The molecule has 0 saturated heterocycles. The number of carbonyl (C=O) groups excluding carboxylic acids is 1. The number of halogens is 1. The molecule has 0 bridgehead atoms. The molecule has 0 aliphatic heterocycles. The Hall–Kier alpha value is -2.56. The van der Waals surface area contributed by atoms with E-state index < -0.39 is 11.7 Å². The first-order valence-corrected chi connectivity index (χ1v) is 6.05. The van der Waals surface area contributed by atoms with Crippen LogP contribution >= 0.6 is 0 Å². The van der Waals surface area contributed by atoms with Gasteiger partial charge in [0.1, 0.15) is 11.6 Å². The first kappa shape index (κ1) is 13.9. The van der Waals surface area contributed by atoms with Crippen molar-refractivity contribution in [3.05, 3.63) is 52.8 Å². The molecule has 0 radical (unpaired) electrons. The van der Waals surface area contributed by atoms with Gasteiger partial charge < -0.3 is 16.2 Å². The Morgan fingerprint density at radius 2 is 1.95 bits per heavy atom. The van der Waals surface area contributed by atoms with Crippen LogP contribution in [0, 0.1) is 19.7 Å². The summed E-state index contributed by atoms with van der Waals surface area (Å²) < 4.78 is 13.2. The number of nitrogens with two attached hydrogens (primary N) is 1. The maximum atomic E-state index is 13.2. The minimum Gasteiger partial charge on any atom is -0.505 e. The van der Waals surface area contributed by atoms with Crippen LogP contribution in [0.25, 0.3) is 0 Å². The van der Waals surface area contributed by atoms with E-state index in [9.17, 15) is 14.3 Å². The van der Waals surface area contributed by atoms with E-state index in [0.717, 1.165) is 11.6 Å². The SMILES string of the molecule is Cc1cc(C)c(O)c(NC(=O)c2cc(F)ccc2N)c1. The maximum absolute atomic E-state index is 13.2. The van der Waals surface area contributed by atoms with Crippen LogP contribution in [-0.2, 0) is 0 Å². The molecule has 0 saturated carbocycles. The van der Waals surface area contributed by atoms with Crippen LogP contribution in [0.3, 0.4) is 0 Å². The molecule has 20 heavy (non-hydrogen) atoms. The number of anilines is 2. The van der Waals surface area contributed by atoms with E-state index >= 15 is 0 Å². The number of hydrogen-bond donors (Lipinski definition) is 3. The molecule has 0 unspecified atom stereocenters. The summed E-state index contributed by atoms with van der Waals surface area (Å²) in [4.78, 5) is 12.1. The van der Waals surface area contributed by atoms with Gasteiger partial charge in [-0.15, -0.1) is 0 Å². The molecule has 0 aliphatic rings. The number of nitrogen functional groups attached to an aromatic ring is 1. The summed E-state index contributed by atoms with van der Waals surface area (Å²) in [6.07, 6.45) is 0. The van der Waals surface area contributed by atoms with Crippen LogP contribution in [0.15, 0.2) is 30.3 Å². The first-order chi connectivity index (χ1) is 9.38. The second kappa shape index (κ2) is 5.21. The number of phenolic OH excluding ortho intramolecular Hbond substituents is 1. The minimum atomic E-state index is -0.567. The van der Waals surface area contributed by atoms with Crippen molar-refractivity contribution in [2.45, 2.75) is 13.8 Å². The van der Waals surface area contributed by atoms with Crippen LogP contribution < -0.4 is 11.1 Å². The third-order valence-corrected chi connectivity index (χ3v) is 2.95. The van der Waals surface area contributed by atoms with E-state index in [2.05, 4.69) is 5.32 Å². The first-order valence-electron chi connectivity index (χ1n) is 6.05. The predicted molar refractivity (Wildman–Crippen MR) is 76.3 cm³/mol. The summed E-state index contributed by atoms with van der Waals surface area (Å²) in [6, 6.07) is 6.99. The van der Waals surface area contributed by atoms with Gasteiger partial charge in [0.15, 0.2) is 0 Å². The van der Waals surface area contributed by atoms with Gasteiger partial charge in [0.2, 0.25) is 0 Å². The van der Waals surface area contributed by atoms with Crippen molar-refractivity contribution in [2.24, 2.45) is 0 Å².